The summed E-state index contributed by atoms with van der Waals surface area (Å²) >= 11 is 0. The van der Waals surface area contributed by atoms with E-state index in [0.29, 0.717) is 5.92 Å². The molecule has 3 rings (SSSR count). The van der Waals surface area contributed by atoms with Gasteiger partial charge in [0.05, 0.1) is 13.2 Å². The van der Waals surface area contributed by atoms with Crippen molar-refractivity contribution in [2.75, 3.05) is 26.3 Å². The Bertz CT molecular complexity index is 372. The van der Waals surface area contributed by atoms with Crippen molar-refractivity contribution in [1.82, 2.24) is 5.32 Å². The van der Waals surface area contributed by atoms with Crippen LogP contribution >= 0.6 is 0 Å². The summed E-state index contributed by atoms with van der Waals surface area (Å²) in [6.07, 6.45) is 2.16. The first-order valence-electron chi connectivity index (χ1n) is 6.04. The molecule has 3 heteroatoms. The van der Waals surface area contributed by atoms with Gasteiger partial charge >= 0.3 is 0 Å². The monoisotopic (exact) mass is 219 g/mol. The fourth-order valence-corrected chi connectivity index (χ4v) is 2.46. The number of fused-ring (bicyclic) bond motifs is 1. The highest BCUT2D eigenvalue weighted by atomic mass is 16.5. The first-order chi connectivity index (χ1) is 7.95. The predicted molar refractivity (Wildman–Crippen MR) is 62.3 cm³/mol. The molecular formula is C13H17NO2. The Labute approximate surface area is 95.8 Å². The molecule has 2 aliphatic rings. The molecule has 0 aliphatic carbocycles. The Morgan fingerprint density at radius 2 is 2.12 bits per heavy atom. The molecule has 1 aromatic rings. The van der Waals surface area contributed by atoms with Gasteiger partial charge in [0.2, 0.25) is 0 Å². The van der Waals surface area contributed by atoms with Crippen LogP contribution < -0.4 is 14.8 Å². The normalized spacial score (nSPS) is 24.1. The first kappa shape index (κ1) is 9.97. The summed E-state index contributed by atoms with van der Waals surface area (Å²) in [5, 5.41) is 3.40. The van der Waals surface area contributed by atoms with Gasteiger partial charge < -0.3 is 14.8 Å². The molecule has 1 unspecified atom stereocenters. The van der Waals surface area contributed by atoms with Crippen LogP contribution in [0.4, 0.5) is 0 Å². The summed E-state index contributed by atoms with van der Waals surface area (Å²) in [5.41, 5.74) is 1.31. The van der Waals surface area contributed by atoms with E-state index in [1.54, 1.807) is 0 Å². The summed E-state index contributed by atoms with van der Waals surface area (Å²) in [7, 11) is 0. The van der Waals surface area contributed by atoms with Gasteiger partial charge in [-0.05, 0) is 19.0 Å². The molecule has 2 heterocycles. The molecule has 0 spiro atoms. The van der Waals surface area contributed by atoms with E-state index < -0.39 is 0 Å². The third-order valence-corrected chi connectivity index (χ3v) is 3.30. The van der Waals surface area contributed by atoms with Crippen LogP contribution in [0.25, 0.3) is 0 Å². The largest absolute Gasteiger partial charge is 0.490 e. The maximum Gasteiger partial charge on any atom is 0.164 e. The van der Waals surface area contributed by atoms with Crippen molar-refractivity contribution < 1.29 is 9.47 Å². The maximum atomic E-state index is 5.84. The maximum absolute atomic E-state index is 5.84. The smallest absolute Gasteiger partial charge is 0.164 e. The zero-order valence-corrected chi connectivity index (χ0v) is 9.37. The van der Waals surface area contributed by atoms with Crippen LogP contribution in [0.2, 0.25) is 0 Å². The molecule has 0 radical (unpaired) electrons. The van der Waals surface area contributed by atoms with Gasteiger partial charge in [-0.3, -0.25) is 0 Å². The minimum Gasteiger partial charge on any atom is -0.490 e. The number of para-hydroxylation sites is 1. The number of rotatable bonds is 1. The second kappa shape index (κ2) is 4.34. The summed E-state index contributed by atoms with van der Waals surface area (Å²) in [6, 6.07) is 6.25. The van der Waals surface area contributed by atoms with E-state index >= 15 is 0 Å². The summed E-state index contributed by atoms with van der Waals surface area (Å²) < 4.78 is 11.5. The van der Waals surface area contributed by atoms with E-state index in [1.807, 2.05) is 6.07 Å². The van der Waals surface area contributed by atoms with Crippen LogP contribution in [0.3, 0.4) is 0 Å². The van der Waals surface area contributed by atoms with E-state index in [2.05, 4.69) is 17.4 Å². The highest BCUT2D eigenvalue weighted by Crippen LogP contribution is 2.38. The Morgan fingerprint density at radius 3 is 3.00 bits per heavy atom. The van der Waals surface area contributed by atoms with Crippen LogP contribution in [0.1, 0.15) is 24.3 Å². The van der Waals surface area contributed by atoms with Gasteiger partial charge in [-0.1, -0.05) is 12.1 Å². The molecule has 16 heavy (non-hydrogen) atoms. The first-order valence-corrected chi connectivity index (χ1v) is 6.04. The molecule has 1 atom stereocenters. The number of hydrogen-bond acceptors (Lipinski definition) is 3. The standard InChI is InChI=1S/C13H17NO2/c1-3-11(10-5-6-14-9-10)13-12(4-1)15-7-2-8-16-13/h1,3-4,10,14H,2,5-9H2. The van der Waals surface area contributed by atoms with Crippen LogP contribution in [-0.2, 0) is 0 Å². The fraction of sp³-hybridized carbons (Fsp3) is 0.538. The molecule has 2 aliphatic heterocycles. The molecule has 1 aromatic carbocycles. The van der Waals surface area contributed by atoms with Gasteiger partial charge in [0.25, 0.3) is 0 Å². The lowest BCUT2D eigenvalue weighted by molar-refractivity contribution is 0.295. The number of ether oxygens (including phenoxy) is 2. The Hall–Kier alpha value is -1.22. The lowest BCUT2D eigenvalue weighted by atomic mass is 9.97. The Morgan fingerprint density at radius 1 is 1.19 bits per heavy atom. The molecule has 0 aromatic heterocycles. The highest BCUT2D eigenvalue weighted by Gasteiger charge is 2.23. The summed E-state index contributed by atoms with van der Waals surface area (Å²) in [6.45, 7) is 3.69. The Kier molecular flexibility index (Phi) is 2.70. The average Bonchev–Trinajstić information content (AvgIpc) is 2.73. The zero-order valence-electron chi connectivity index (χ0n) is 9.37. The molecule has 0 saturated carbocycles. The van der Waals surface area contributed by atoms with Crippen molar-refractivity contribution in [3.05, 3.63) is 23.8 Å². The lowest BCUT2D eigenvalue weighted by Crippen LogP contribution is -2.09. The van der Waals surface area contributed by atoms with Gasteiger partial charge in [-0.2, -0.15) is 0 Å². The SMILES string of the molecule is c1cc2c(c(C3CCNC3)c1)OCCCO2. The molecule has 1 saturated heterocycles. The zero-order chi connectivity index (χ0) is 10.8. The van der Waals surface area contributed by atoms with Gasteiger partial charge in [-0.25, -0.2) is 0 Å². The van der Waals surface area contributed by atoms with Crippen molar-refractivity contribution in [3.63, 3.8) is 0 Å². The average molecular weight is 219 g/mol. The van der Waals surface area contributed by atoms with E-state index in [4.69, 9.17) is 9.47 Å². The fourth-order valence-electron chi connectivity index (χ4n) is 2.46. The molecule has 0 bridgehead atoms. The van der Waals surface area contributed by atoms with Crippen molar-refractivity contribution in [2.24, 2.45) is 0 Å². The third-order valence-electron chi connectivity index (χ3n) is 3.30. The Balaban J connectivity index is 1.97. The van der Waals surface area contributed by atoms with Gasteiger partial charge in [0, 0.05) is 24.4 Å². The highest BCUT2D eigenvalue weighted by molar-refractivity contribution is 5.49. The van der Waals surface area contributed by atoms with E-state index in [9.17, 15) is 0 Å². The van der Waals surface area contributed by atoms with Gasteiger partial charge in [-0.15, -0.1) is 0 Å². The van der Waals surface area contributed by atoms with Crippen LogP contribution in [0.15, 0.2) is 18.2 Å². The molecule has 3 nitrogen and oxygen atoms in total. The number of hydrogen-bond donors (Lipinski definition) is 1. The molecule has 1 fully saturated rings. The minimum atomic E-state index is 0.580. The topological polar surface area (TPSA) is 30.5 Å². The van der Waals surface area contributed by atoms with Crippen LogP contribution in [0.5, 0.6) is 11.5 Å². The van der Waals surface area contributed by atoms with E-state index in [0.717, 1.165) is 44.2 Å². The second-order valence-electron chi connectivity index (χ2n) is 4.41. The number of benzene rings is 1. The van der Waals surface area contributed by atoms with Gasteiger partial charge in [0.15, 0.2) is 11.5 Å². The van der Waals surface area contributed by atoms with Crippen molar-refractivity contribution in [1.29, 1.82) is 0 Å². The predicted octanol–water partition coefficient (Wildman–Crippen LogP) is 1.92. The van der Waals surface area contributed by atoms with Crippen LogP contribution in [-0.4, -0.2) is 26.3 Å². The number of nitrogens with one attached hydrogen (secondary N) is 1. The summed E-state index contributed by atoms with van der Waals surface area (Å²) in [4.78, 5) is 0. The lowest BCUT2D eigenvalue weighted by Gasteiger charge is -2.16. The molecular weight excluding hydrogens is 202 g/mol. The molecule has 0 amide bonds. The third kappa shape index (κ3) is 1.76. The molecule has 86 valence electrons. The summed E-state index contributed by atoms with van der Waals surface area (Å²) in [5.74, 6) is 2.48. The van der Waals surface area contributed by atoms with E-state index in [-0.39, 0.29) is 0 Å². The molecule has 1 N–H and O–H groups in total. The second-order valence-corrected chi connectivity index (χ2v) is 4.41. The van der Waals surface area contributed by atoms with Crippen molar-refractivity contribution in [2.45, 2.75) is 18.8 Å². The minimum absolute atomic E-state index is 0.580. The van der Waals surface area contributed by atoms with Crippen molar-refractivity contribution >= 4 is 0 Å². The van der Waals surface area contributed by atoms with Crippen LogP contribution in [0, 0.1) is 0 Å². The van der Waals surface area contributed by atoms with Crippen molar-refractivity contribution in [3.8, 4) is 11.5 Å². The quantitative estimate of drug-likeness (QED) is 0.782. The van der Waals surface area contributed by atoms with Gasteiger partial charge in [0.1, 0.15) is 0 Å². The van der Waals surface area contributed by atoms with E-state index in [1.165, 1.54) is 12.0 Å².